The molecule has 0 bridgehead atoms. The minimum Gasteiger partial charge on any atom is -0.508 e. The molecular weight excluding hydrogens is 392 g/mol. The first-order valence-corrected chi connectivity index (χ1v) is 13.2. The van der Waals surface area contributed by atoms with Crippen LogP contribution in [0.1, 0.15) is 102 Å². The Kier molecular flexibility index (Phi) is 7.81. The number of phenols is 2. The van der Waals surface area contributed by atoms with Gasteiger partial charge in [0, 0.05) is 5.41 Å². The van der Waals surface area contributed by atoms with Gasteiger partial charge in [-0.25, -0.2) is 0 Å². The Labute approximate surface area is 195 Å². The Bertz CT molecular complexity index is 759. The molecule has 2 aliphatic carbocycles. The van der Waals surface area contributed by atoms with Crippen molar-refractivity contribution in [1.82, 2.24) is 0 Å². The summed E-state index contributed by atoms with van der Waals surface area (Å²) in [4.78, 5) is 0. The van der Waals surface area contributed by atoms with Crippen LogP contribution in [0, 0.1) is 17.8 Å². The van der Waals surface area contributed by atoms with Gasteiger partial charge in [0.25, 0.3) is 0 Å². The largest absolute Gasteiger partial charge is 0.508 e. The van der Waals surface area contributed by atoms with Gasteiger partial charge in [-0.1, -0.05) is 89.0 Å². The number of hydrogen-bond donors (Lipinski definition) is 2. The number of aromatic hydroxyl groups is 2. The van der Waals surface area contributed by atoms with Gasteiger partial charge >= 0.3 is 0 Å². The predicted octanol–water partition coefficient (Wildman–Crippen LogP) is 8.35. The van der Waals surface area contributed by atoms with E-state index in [2.05, 4.69) is 31.2 Å². The van der Waals surface area contributed by atoms with E-state index in [-0.39, 0.29) is 5.41 Å². The smallest absolute Gasteiger partial charge is 0.115 e. The number of rotatable bonds is 8. The third-order valence-corrected chi connectivity index (χ3v) is 8.71. The van der Waals surface area contributed by atoms with Crippen LogP contribution in [0.15, 0.2) is 48.5 Å². The molecule has 0 saturated heterocycles. The highest BCUT2D eigenvalue weighted by atomic mass is 16.3. The lowest BCUT2D eigenvalue weighted by Crippen LogP contribution is -2.33. The van der Waals surface area contributed by atoms with Gasteiger partial charge in [0.2, 0.25) is 0 Å². The van der Waals surface area contributed by atoms with Gasteiger partial charge in [-0.2, -0.15) is 0 Å². The SMILES string of the molecule is CCCC[C@H]1CC[C@H](CCC2CCC(c3ccc(O)cc3)(c3ccc(O)cc3)CC2)CC1. The van der Waals surface area contributed by atoms with E-state index in [9.17, 15) is 10.2 Å². The molecule has 32 heavy (non-hydrogen) atoms. The van der Waals surface area contributed by atoms with Gasteiger partial charge in [-0.15, -0.1) is 0 Å². The molecule has 0 amide bonds. The van der Waals surface area contributed by atoms with Crippen molar-refractivity contribution in [1.29, 1.82) is 0 Å². The second kappa shape index (κ2) is 10.8. The molecule has 174 valence electrons. The Balaban J connectivity index is 1.35. The molecule has 0 radical (unpaired) electrons. The Morgan fingerprint density at radius 3 is 1.47 bits per heavy atom. The van der Waals surface area contributed by atoms with Gasteiger partial charge in [0.05, 0.1) is 0 Å². The van der Waals surface area contributed by atoms with E-state index in [4.69, 9.17) is 0 Å². The van der Waals surface area contributed by atoms with Crippen molar-refractivity contribution in [3.63, 3.8) is 0 Å². The average molecular weight is 435 g/mol. The van der Waals surface area contributed by atoms with Crippen LogP contribution in [-0.4, -0.2) is 10.2 Å². The third kappa shape index (κ3) is 5.50. The van der Waals surface area contributed by atoms with Crippen molar-refractivity contribution in [2.24, 2.45) is 17.8 Å². The van der Waals surface area contributed by atoms with Gasteiger partial charge in [-0.05, 0) is 78.8 Å². The van der Waals surface area contributed by atoms with Crippen LogP contribution in [-0.2, 0) is 5.41 Å². The number of phenolic OH excluding ortho intramolecular Hbond substituents is 2. The molecular formula is C30H42O2. The van der Waals surface area contributed by atoms with Crippen LogP contribution in [0.5, 0.6) is 11.5 Å². The van der Waals surface area contributed by atoms with Crippen molar-refractivity contribution in [2.45, 2.75) is 95.8 Å². The zero-order valence-corrected chi connectivity index (χ0v) is 19.9. The molecule has 0 aliphatic heterocycles. The number of benzene rings is 2. The summed E-state index contributed by atoms with van der Waals surface area (Å²) in [5.74, 6) is 3.47. The van der Waals surface area contributed by atoms with Gasteiger partial charge in [0.15, 0.2) is 0 Å². The molecule has 0 atom stereocenters. The fourth-order valence-electron chi connectivity index (χ4n) is 6.54. The molecule has 2 fully saturated rings. The normalized spacial score (nSPS) is 23.8. The minimum absolute atomic E-state index is 0.00472. The van der Waals surface area contributed by atoms with Gasteiger partial charge in [0.1, 0.15) is 11.5 Å². The minimum atomic E-state index is -0.00472. The first-order chi connectivity index (χ1) is 15.6. The van der Waals surface area contributed by atoms with E-state index in [0.717, 1.165) is 30.6 Å². The maximum atomic E-state index is 9.81. The lowest BCUT2D eigenvalue weighted by atomic mass is 9.62. The van der Waals surface area contributed by atoms with Crippen LogP contribution >= 0.6 is 0 Å². The van der Waals surface area contributed by atoms with Crippen LogP contribution in [0.25, 0.3) is 0 Å². The van der Waals surface area contributed by atoms with Gasteiger partial charge in [-0.3, -0.25) is 0 Å². The van der Waals surface area contributed by atoms with Crippen molar-refractivity contribution < 1.29 is 10.2 Å². The molecule has 2 aromatic carbocycles. The summed E-state index contributed by atoms with van der Waals surface area (Å²) < 4.78 is 0. The Morgan fingerprint density at radius 2 is 1.03 bits per heavy atom. The molecule has 0 unspecified atom stereocenters. The van der Waals surface area contributed by atoms with E-state index in [1.807, 2.05) is 24.3 Å². The average Bonchev–Trinajstić information content (AvgIpc) is 2.83. The molecule has 2 heteroatoms. The molecule has 0 aromatic heterocycles. The summed E-state index contributed by atoms with van der Waals surface area (Å²) in [5, 5.41) is 19.6. The van der Waals surface area contributed by atoms with Crippen LogP contribution < -0.4 is 0 Å². The quantitative estimate of drug-likeness (QED) is 0.438. The summed E-state index contributed by atoms with van der Waals surface area (Å²) in [6.07, 6.45) is 17.8. The molecule has 2 aliphatic rings. The molecule has 0 heterocycles. The first-order valence-electron chi connectivity index (χ1n) is 13.2. The summed E-state index contributed by atoms with van der Waals surface area (Å²) in [7, 11) is 0. The third-order valence-electron chi connectivity index (χ3n) is 8.71. The molecule has 2 saturated carbocycles. The topological polar surface area (TPSA) is 40.5 Å². The van der Waals surface area contributed by atoms with Crippen molar-refractivity contribution in [2.75, 3.05) is 0 Å². The van der Waals surface area contributed by atoms with Crippen molar-refractivity contribution in [3.05, 3.63) is 59.7 Å². The lowest BCUT2D eigenvalue weighted by molar-refractivity contribution is 0.209. The highest BCUT2D eigenvalue weighted by molar-refractivity contribution is 5.43. The summed E-state index contributed by atoms with van der Waals surface area (Å²) in [6.45, 7) is 2.31. The molecule has 2 nitrogen and oxygen atoms in total. The highest BCUT2D eigenvalue weighted by Gasteiger charge is 2.38. The van der Waals surface area contributed by atoms with Gasteiger partial charge < -0.3 is 10.2 Å². The van der Waals surface area contributed by atoms with E-state index in [1.165, 1.54) is 81.8 Å². The molecule has 2 aromatic rings. The predicted molar refractivity (Wildman–Crippen MR) is 133 cm³/mol. The van der Waals surface area contributed by atoms with E-state index in [1.54, 1.807) is 0 Å². The number of unbranched alkanes of at least 4 members (excludes halogenated alkanes) is 1. The summed E-state index contributed by atoms with van der Waals surface area (Å²) in [6, 6.07) is 15.7. The highest BCUT2D eigenvalue weighted by Crippen LogP contribution is 2.48. The van der Waals surface area contributed by atoms with Crippen molar-refractivity contribution in [3.8, 4) is 11.5 Å². The van der Waals surface area contributed by atoms with E-state index >= 15 is 0 Å². The Morgan fingerprint density at radius 1 is 0.625 bits per heavy atom. The molecule has 0 spiro atoms. The van der Waals surface area contributed by atoms with Crippen LogP contribution in [0.3, 0.4) is 0 Å². The maximum Gasteiger partial charge on any atom is 0.115 e. The summed E-state index contributed by atoms with van der Waals surface area (Å²) in [5.41, 5.74) is 2.59. The van der Waals surface area contributed by atoms with E-state index < -0.39 is 0 Å². The van der Waals surface area contributed by atoms with Crippen LogP contribution in [0.2, 0.25) is 0 Å². The zero-order chi connectivity index (χ0) is 22.4. The molecule has 2 N–H and O–H groups in total. The lowest BCUT2D eigenvalue weighted by Gasteiger charge is -2.42. The summed E-state index contributed by atoms with van der Waals surface area (Å²) >= 11 is 0. The fraction of sp³-hybridized carbons (Fsp3) is 0.600. The number of hydrogen-bond acceptors (Lipinski definition) is 2. The Hall–Kier alpha value is -1.96. The monoisotopic (exact) mass is 434 g/mol. The second-order valence-corrected chi connectivity index (χ2v) is 10.7. The van der Waals surface area contributed by atoms with Crippen molar-refractivity contribution >= 4 is 0 Å². The van der Waals surface area contributed by atoms with Crippen LogP contribution in [0.4, 0.5) is 0 Å². The first kappa shape index (κ1) is 23.2. The maximum absolute atomic E-state index is 9.81. The molecule has 4 rings (SSSR count). The zero-order valence-electron chi connectivity index (χ0n) is 19.9. The standard InChI is InChI=1S/C30H42O2/c1-2-3-4-23-5-7-24(8-6-23)9-10-25-19-21-30(22-20-25,26-11-15-28(31)16-12-26)27-13-17-29(32)18-14-27/h11-18,23-25,31-32H,2-10,19-22H2,1H3/t23-,24-. The second-order valence-electron chi connectivity index (χ2n) is 10.7. The fourth-order valence-corrected chi connectivity index (χ4v) is 6.54. The van der Waals surface area contributed by atoms with E-state index in [0.29, 0.717) is 11.5 Å².